The first-order valence-corrected chi connectivity index (χ1v) is 9.44. The van der Waals surface area contributed by atoms with Gasteiger partial charge < -0.3 is 10.2 Å². The number of urea groups is 1. The molecule has 27 heavy (non-hydrogen) atoms. The molecule has 0 aliphatic carbocycles. The fourth-order valence-corrected chi connectivity index (χ4v) is 3.15. The van der Waals surface area contributed by atoms with Crippen LogP contribution in [0.4, 0.5) is 4.79 Å². The highest BCUT2D eigenvalue weighted by Gasteiger charge is 2.14. The van der Waals surface area contributed by atoms with Gasteiger partial charge in [-0.2, -0.15) is 0 Å². The maximum atomic E-state index is 12.8. The molecule has 0 fully saturated rings. The molecule has 3 nitrogen and oxygen atoms in total. The van der Waals surface area contributed by atoms with Crippen LogP contribution >= 0.6 is 11.6 Å². The van der Waals surface area contributed by atoms with Gasteiger partial charge in [0, 0.05) is 24.7 Å². The topological polar surface area (TPSA) is 32.3 Å². The molecule has 0 saturated carbocycles. The van der Waals surface area contributed by atoms with Crippen LogP contribution in [0.25, 0.3) is 0 Å². The van der Waals surface area contributed by atoms with E-state index in [1.807, 2.05) is 89.8 Å². The molecule has 3 aromatic rings. The molecule has 0 unspecified atom stereocenters. The number of carbonyl (C=O) groups is 1. The minimum Gasteiger partial charge on any atom is -0.338 e. The third kappa shape index (κ3) is 5.87. The van der Waals surface area contributed by atoms with Crippen LogP contribution in [0.3, 0.4) is 0 Å². The highest BCUT2D eigenvalue weighted by Crippen LogP contribution is 2.15. The van der Waals surface area contributed by atoms with Gasteiger partial charge >= 0.3 is 6.03 Å². The average molecular weight is 379 g/mol. The van der Waals surface area contributed by atoms with Crippen molar-refractivity contribution in [1.82, 2.24) is 10.2 Å². The number of rotatable bonds is 7. The molecular formula is C23H23ClN2O. The van der Waals surface area contributed by atoms with Crippen molar-refractivity contribution in [2.45, 2.75) is 19.5 Å². The Bertz CT molecular complexity index is 811. The molecular weight excluding hydrogens is 356 g/mol. The van der Waals surface area contributed by atoms with Gasteiger partial charge in [0.1, 0.15) is 0 Å². The van der Waals surface area contributed by atoms with Crippen LogP contribution in [-0.4, -0.2) is 17.5 Å². The minimum atomic E-state index is -0.0743. The number of hydrogen-bond donors (Lipinski definition) is 1. The van der Waals surface area contributed by atoms with Gasteiger partial charge in [-0.05, 0) is 29.2 Å². The molecule has 3 aromatic carbocycles. The lowest BCUT2D eigenvalue weighted by Gasteiger charge is -2.23. The third-order valence-corrected chi connectivity index (χ3v) is 4.72. The summed E-state index contributed by atoms with van der Waals surface area (Å²) in [6, 6.07) is 27.7. The molecule has 0 radical (unpaired) electrons. The van der Waals surface area contributed by atoms with E-state index in [9.17, 15) is 4.79 Å². The van der Waals surface area contributed by atoms with Crippen molar-refractivity contribution in [3.63, 3.8) is 0 Å². The highest BCUT2D eigenvalue weighted by molar-refractivity contribution is 6.31. The first-order valence-electron chi connectivity index (χ1n) is 9.06. The van der Waals surface area contributed by atoms with E-state index in [-0.39, 0.29) is 6.03 Å². The fourth-order valence-electron chi connectivity index (χ4n) is 2.92. The number of nitrogens with one attached hydrogen (secondary N) is 1. The lowest BCUT2D eigenvalue weighted by atomic mass is 10.1. The predicted octanol–water partition coefficient (Wildman–Crippen LogP) is 5.29. The van der Waals surface area contributed by atoms with E-state index in [1.165, 1.54) is 0 Å². The normalized spacial score (nSPS) is 10.4. The number of carbonyl (C=O) groups excluding carboxylic acids is 1. The summed E-state index contributed by atoms with van der Waals surface area (Å²) in [5, 5.41) is 3.76. The van der Waals surface area contributed by atoms with E-state index in [4.69, 9.17) is 11.6 Å². The standard InChI is InChI=1S/C23H23ClN2O/c24-22-14-8-7-13-21(22)15-16-25-23(27)26(17-19-9-3-1-4-10-19)18-20-11-5-2-6-12-20/h1-14H,15-18H2,(H,25,27). The van der Waals surface area contributed by atoms with Gasteiger partial charge in [0.25, 0.3) is 0 Å². The first kappa shape index (κ1) is 19.0. The Morgan fingerprint density at radius 1 is 0.778 bits per heavy atom. The maximum Gasteiger partial charge on any atom is 0.318 e. The zero-order chi connectivity index (χ0) is 18.9. The molecule has 4 heteroatoms. The summed E-state index contributed by atoms with van der Waals surface area (Å²) in [7, 11) is 0. The Morgan fingerprint density at radius 3 is 1.85 bits per heavy atom. The zero-order valence-electron chi connectivity index (χ0n) is 15.1. The van der Waals surface area contributed by atoms with Crippen LogP contribution in [0, 0.1) is 0 Å². The lowest BCUT2D eigenvalue weighted by Crippen LogP contribution is -2.40. The number of nitrogens with zero attached hydrogens (tertiary/aromatic N) is 1. The van der Waals surface area contributed by atoms with Crippen LogP contribution in [0.2, 0.25) is 5.02 Å². The van der Waals surface area contributed by atoms with Gasteiger partial charge in [-0.3, -0.25) is 0 Å². The van der Waals surface area contributed by atoms with Gasteiger partial charge in [0.15, 0.2) is 0 Å². The highest BCUT2D eigenvalue weighted by atomic mass is 35.5. The summed E-state index contributed by atoms with van der Waals surface area (Å²) in [5.74, 6) is 0. The van der Waals surface area contributed by atoms with Crippen molar-refractivity contribution in [3.05, 3.63) is 107 Å². The summed E-state index contributed by atoms with van der Waals surface area (Å²) in [5.41, 5.74) is 3.25. The van der Waals surface area contributed by atoms with Gasteiger partial charge in [0.2, 0.25) is 0 Å². The molecule has 2 amide bonds. The SMILES string of the molecule is O=C(NCCc1ccccc1Cl)N(Cc1ccccc1)Cc1ccccc1. The van der Waals surface area contributed by atoms with Gasteiger partial charge in [0.05, 0.1) is 0 Å². The fraction of sp³-hybridized carbons (Fsp3) is 0.174. The molecule has 0 saturated heterocycles. The number of benzene rings is 3. The second-order valence-corrected chi connectivity index (χ2v) is 6.81. The largest absolute Gasteiger partial charge is 0.338 e. The second kappa shape index (κ2) is 9.79. The molecule has 0 aliphatic heterocycles. The van der Waals surface area contributed by atoms with E-state index in [1.54, 1.807) is 0 Å². The minimum absolute atomic E-state index is 0.0743. The van der Waals surface area contributed by atoms with E-state index in [0.717, 1.165) is 21.7 Å². The molecule has 1 N–H and O–H groups in total. The number of halogens is 1. The quantitative estimate of drug-likeness (QED) is 0.594. The van der Waals surface area contributed by atoms with Gasteiger partial charge in [-0.1, -0.05) is 90.5 Å². The Morgan fingerprint density at radius 2 is 1.30 bits per heavy atom. The smallest absolute Gasteiger partial charge is 0.318 e. The number of hydrogen-bond acceptors (Lipinski definition) is 1. The van der Waals surface area contributed by atoms with Crippen LogP contribution in [0.1, 0.15) is 16.7 Å². The Balaban J connectivity index is 1.63. The Hall–Kier alpha value is -2.78. The average Bonchev–Trinajstić information content (AvgIpc) is 2.70. The van der Waals surface area contributed by atoms with Gasteiger partial charge in [-0.25, -0.2) is 4.79 Å². The third-order valence-electron chi connectivity index (χ3n) is 4.35. The van der Waals surface area contributed by atoms with Crippen molar-refractivity contribution in [2.24, 2.45) is 0 Å². The summed E-state index contributed by atoms with van der Waals surface area (Å²) >= 11 is 6.19. The van der Waals surface area contributed by atoms with E-state index >= 15 is 0 Å². The predicted molar refractivity (Wildman–Crippen MR) is 111 cm³/mol. The summed E-state index contributed by atoms with van der Waals surface area (Å²) in [6.45, 7) is 1.67. The van der Waals surface area contributed by atoms with Crippen molar-refractivity contribution in [1.29, 1.82) is 0 Å². The van der Waals surface area contributed by atoms with Crippen molar-refractivity contribution in [3.8, 4) is 0 Å². The van der Waals surface area contributed by atoms with Crippen molar-refractivity contribution in [2.75, 3.05) is 6.54 Å². The first-order chi connectivity index (χ1) is 13.2. The van der Waals surface area contributed by atoms with Crippen LogP contribution in [0.5, 0.6) is 0 Å². The lowest BCUT2D eigenvalue weighted by molar-refractivity contribution is 0.192. The Labute approximate surface area is 165 Å². The zero-order valence-corrected chi connectivity index (χ0v) is 15.9. The number of amides is 2. The van der Waals surface area contributed by atoms with Gasteiger partial charge in [-0.15, -0.1) is 0 Å². The Kier molecular flexibility index (Phi) is 6.89. The van der Waals surface area contributed by atoms with E-state index in [0.29, 0.717) is 26.1 Å². The van der Waals surface area contributed by atoms with Crippen LogP contribution in [0.15, 0.2) is 84.9 Å². The van der Waals surface area contributed by atoms with Crippen LogP contribution in [-0.2, 0) is 19.5 Å². The monoisotopic (exact) mass is 378 g/mol. The molecule has 0 bridgehead atoms. The van der Waals surface area contributed by atoms with Crippen molar-refractivity contribution >= 4 is 17.6 Å². The molecule has 0 aromatic heterocycles. The summed E-state index contributed by atoms with van der Waals surface area (Å²) < 4.78 is 0. The summed E-state index contributed by atoms with van der Waals surface area (Å²) in [4.78, 5) is 14.6. The molecule has 0 atom stereocenters. The molecule has 0 heterocycles. The maximum absolute atomic E-state index is 12.8. The second-order valence-electron chi connectivity index (χ2n) is 6.40. The molecule has 0 spiro atoms. The summed E-state index contributed by atoms with van der Waals surface area (Å²) in [6.07, 6.45) is 0.704. The van der Waals surface area contributed by atoms with Crippen molar-refractivity contribution < 1.29 is 4.79 Å². The molecule has 138 valence electrons. The molecule has 3 rings (SSSR count). The van der Waals surface area contributed by atoms with E-state index < -0.39 is 0 Å². The molecule has 0 aliphatic rings. The van der Waals surface area contributed by atoms with Crippen LogP contribution < -0.4 is 5.32 Å². The van der Waals surface area contributed by atoms with E-state index in [2.05, 4.69) is 5.32 Å².